The first-order chi connectivity index (χ1) is 10.0. The van der Waals surface area contributed by atoms with Crippen LogP contribution >= 0.6 is 11.3 Å². The summed E-state index contributed by atoms with van der Waals surface area (Å²) in [6.07, 6.45) is 0. The second kappa shape index (κ2) is 9.53. The van der Waals surface area contributed by atoms with Gasteiger partial charge in [0.05, 0.1) is 29.5 Å². The van der Waals surface area contributed by atoms with Gasteiger partial charge in [0, 0.05) is 13.1 Å². The minimum atomic E-state index is -0.0832. The summed E-state index contributed by atoms with van der Waals surface area (Å²) < 4.78 is 5.42. The molecule has 0 unspecified atom stereocenters. The van der Waals surface area contributed by atoms with E-state index in [1.807, 2.05) is 27.1 Å². The zero-order valence-corrected chi connectivity index (χ0v) is 13.7. The largest absolute Gasteiger partial charge is 0.378 e. The number of likely N-dealkylation sites (N-methyl/N-ethyl adjacent to an activating group) is 1. The Kier molecular flexibility index (Phi) is 8.01. The maximum atomic E-state index is 12.0. The zero-order chi connectivity index (χ0) is 15.7. The van der Waals surface area contributed by atoms with E-state index in [9.17, 15) is 4.79 Å². The molecule has 5 nitrogen and oxygen atoms in total. The average molecular weight is 309 g/mol. The van der Waals surface area contributed by atoms with Crippen molar-refractivity contribution in [3.63, 3.8) is 0 Å². The first kappa shape index (κ1) is 17.7. The van der Waals surface area contributed by atoms with E-state index in [2.05, 4.69) is 22.1 Å². The Hall–Kier alpha value is -1.39. The maximum absolute atomic E-state index is 12.0. The van der Waals surface area contributed by atoms with Gasteiger partial charge >= 0.3 is 0 Å². The fourth-order valence-corrected chi connectivity index (χ4v) is 2.49. The van der Waals surface area contributed by atoms with Crippen LogP contribution < -0.4 is 11.1 Å². The molecule has 3 N–H and O–H groups in total. The number of carbonyl (C=O) groups is 1. The maximum Gasteiger partial charge on any atom is 0.261 e. The third kappa shape index (κ3) is 6.74. The Balaban J connectivity index is 2.35. The van der Waals surface area contributed by atoms with Crippen molar-refractivity contribution in [3.8, 4) is 11.8 Å². The highest BCUT2D eigenvalue weighted by Crippen LogP contribution is 2.20. The van der Waals surface area contributed by atoms with Gasteiger partial charge in [-0.05, 0) is 32.6 Å². The molecule has 0 saturated carbocycles. The van der Waals surface area contributed by atoms with Gasteiger partial charge in [-0.25, -0.2) is 0 Å². The molecule has 0 aliphatic heterocycles. The standard InChI is InChI=1S/C15H23N3O2S/c1-12-11-14(21-13(12)5-4-6-16)15(19)17-7-9-20-10-8-18(2)3/h11H,6-10,16H2,1-3H3,(H,17,19). The van der Waals surface area contributed by atoms with E-state index < -0.39 is 0 Å². The van der Waals surface area contributed by atoms with Crippen molar-refractivity contribution in [2.45, 2.75) is 6.92 Å². The summed E-state index contributed by atoms with van der Waals surface area (Å²) >= 11 is 1.39. The topological polar surface area (TPSA) is 67.6 Å². The lowest BCUT2D eigenvalue weighted by Gasteiger charge is -2.09. The molecule has 0 fully saturated rings. The van der Waals surface area contributed by atoms with Gasteiger partial charge < -0.3 is 20.7 Å². The highest BCUT2D eigenvalue weighted by molar-refractivity contribution is 7.14. The Morgan fingerprint density at radius 1 is 1.48 bits per heavy atom. The summed E-state index contributed by atoms with van der Waals surface area (Å²) in [7, 11) is 3.99. The fourth-order valence-electron chi connectivity index (χ4n) is 1.52. The number of carbonyl (C=O) groups excluding carboxylic acids is 1. The molecule has 0 aliphatic rings. The molecule has 116 valence electrons. The van der Waals surface area contributed by atoms with Crippen LogP contribution in [0.1, 0.15) is 20.1 Å². The lowest BCUT2D eigenvalue weighted by atomic mass is 10.2. The number of amides is 1. The molecule has 6 heteroatoms. The van der Waals surface area contributed by atoms with Gasteiger partial charge in [-0.15, -0.1) is 11.3 Å². The van der Waals surface area contributed by atoms with E-state index in [-0.39, 0.29) is 5.91 Å². The van der Waals surface area contributed by atoms with Crippen LogP contribution in [0.15, 0.2) is 6.07 Å². The summed E-state index contributed by atoms with van der Waals surface area (Å²) in [5.74, 6) is 5.70. The van der Waals surface area contributed by atoms with E-state index in [4.69, 9.17) is 10.5 Å². The second-order valence-corrected chi connectivity index (χ2v) is 5.85. The number of nitrogens with zero attached hydrogens (tertiary/aromatic N) is 1. The van der Waals surface area contributed by atoms with Gasteiger partial charge in [0.2, 0.25) is 0 Å². The normalized spacial score (nSPS) is 10.3. The highest BCUT2D eigenvalue weighted by Gasteiger charge is 2.10. The van der Waals surface area contributed by atoms with E-state index >= 15 is 0 Å². The van der Waals surface area contributed by atoms with Crippen LogP contribution in [0.3, 0.4) is 0 Å². The van der Waals surface area contributed by atoms with Gasteiger partial charge in [-0.2, -0.15) is 0 Å². The zero-order valence-electron chi connectivity index (χ0n) is 12.9. The van der Waals surface area contributed by atoms with Crippen LogP contribution in [0, 0.1) is 18.8 Å². The number of nitrogens with one attached hydrogen (secondary N) is 1. The van der Waals surface area contributed by atoms with Crippen molar-refractivity contribution in [2.24, 2.45) is 5.73 Å². The predicted octanol–water partition coefficient (Wildman–Crippen LogP) is 0.675. The van der Waals surface area contributed by atoms with Gasteiger partial charge in [0.25, 0.3) is 5.91 Å². The van der Waals surface area contributed by atoms with Gasteiger partial charge in [-0.1, -0.05) is 11.8 Å². The molecule has 1 aromatic heterocycles. The number of aryl methyl sites for hydroxylation is 1. The predicted molar refractivity (Wildman–Crippen MR) is 86.7 cm³/mol. The second-order valence-electron chi connectivity index (χ2n) is 4.80. The molecular weight excluding hydrogens is 286 g/mol. The molecule has 0 aliphatic carbocycles. The molecule has 0 atom stereocenters. The smallest absolute Gasteiger partial charge is 0.261 e. The van der Waals surface area contributed by atoms with Crippen LogP contribution in [0.4, 0.5) is 0 Å². The minimum Gasteiger partial charge on any atom is -0.378 e. The summed E-state index contributed by atoms with van der Waals surface area (Å²) in [6, 6.07) is 1.85. The van der Waals surface area contributed by atoms with Crippen molar-refractivity contribution in [3.05, 3.63) is 21.4 Å². The van der Waals surface area contributed by atoms with Crippen molar-refractivity contribution in [2.75, 3.05) is 46.9 Å². The molecule has 1 aromatic rings. The average Bonchev–Trinajstić information content (AvgIpc) is 2.81. The molecule has 0 spiro atoms. The van der Waals surface area contributed by atoms with Crippen molar-refractivity contribution < 1.29 is 9.53 Å². The van der Waals surface area contributed by atoms with Crippen LogP contribution in [0.25, 0.3) is 0 Å². The van der Waals surface area contributed by atoms with E-state index in [1.54, 1.807) is 0 Å². The lowest BCUT2D eigenvalue weighted by molar-refractivity contribution is 0.0904. The molecule has 0 bridgehead atoms. The highest BCUT2D eigenvalue weighted by atomic mass is 32.1. The molecule has 0 saturated heterocycles. The number of hydrogen-bond donors (Lipinski definition) is 2. The van der Waals surface area contributed by atoms with Crippen LogP contribution in [-0.2, 0) is 4.74 Å². The first-order valence-electron chi connectivity index (χ1n) is 6.84. The van der Waals surface area contributed by atoms with Crippen LogP contribution in [0.5, 0.6) is 0 Å². The van der Waals surface area contributed by atoms with E-state index in [0.717, 1.165) is 17.0 Å². The number of thiophene rings is 1. The van der Waals surface area contributed by atoms with Gasteiger partial charge in [-0.3, -0.25) is 4.79 Å². The van der Waals surface area contributed by atoms with Crippen molar-refractivity contribution in [1.29, 1.82) is 0 Å². The molecule has 0 radical (unpaired) electrons. The summed E-state index contributed by atoms with van der Waals surface area (Å²) in [4.78, 5) is 15.6. The molecular formula is C15H23N3O2S. The molecule has 0 aromatic carbocycles. The summed E-state index contributed by atoms with van der Waals surface area (Å²) in [5, 5.41) is 2.84. The quantitative estimate of drug-likeness (QED) is 0.574. The third-order valence-corrected chi connectivity index (χ3v) is 3.81. The van der Waals surface area contributed by atoms with Crippen molar-refractivity contribution >= 4 is 17.2 Å². The Morgan fingerprint density at radius 3 is 2.90 bits per heavy atom. The van der Waals surface area contributed by atoms with E-state index in [0.29, 0.717) is 31.2 Å². The third-order valence-electron chi connectivity index (χ3n) is 2.66. The molecule has 1 heterocycles. The minimum absolute atomic E-state index is 0.0832. The Bertz CT molecular complexity index is 515. The monoisotopic (exact) mass is 309 g/mol. The van der Waals surface area contributed by atoms with Crippen molar-refractivity contribution in [1.82, 2.24) is 10.2 Å². The Labute approximate surface area is 130 Å². The number of hydrogen-bond acceptors (Lipinski definition) is 5. The summed E-state index contributed by atoms with van der Waals surface area (Å²) in [6.45, 7) is 4.83. The summed E-state index contributed by atoms with van der Waals surface area (Å²) in [5.41, 5.74) is 6.36. The molecule has 1 rings (SSSR count). The number of nitrogens with two attached hydrogens (primary N) is 1. The van der Waals surface area contributed by atoms with Crippen LogP contribution in [0.2, 0.25) is 0 Å². The lowest BCUT2D eigenvalue weighted by Crippen LogP contribution is -2.27. The molecule has 1 amide bonds. The number of rotatable bonds is 7. The SMILES string of the molecule is Cc1cc(C(=O)NCCOCCN(C)C)sc1C#CCN. The fraction of sp³-hybridized carbons (Fsp3) is 0.533. The number of ether oxygens (including phenoxy) is 1. The van der Waals surface area contributed by atoms with Crippen LogP contribution in [-0.4, -0.2) is 57.8 Å². The molecule has 21 heavy (non-hydrogen) atoms. The van der Waals surface area contributed by atoms with E-state index in [1.165, 1.54) is 11.3 Å². The Morgan fingerprint density at radius 2 is 2.24 bits per heavy atom. The van der Waals surface area contributed by atoms with Gasteiger partial charge in [0.1, 0.15) is 0 Å². The first-order valence-corrected chi connectivity index (χ1v) is 7.66. The van der Waals surface area contributed by atoms with Gasteiger partial charge in [0.15, 0.2) is 0 Å².